The average molecular weight is 271 g/mol. The Kier molecular flexibility index (Phi) is 4.11. The minimum absolute atomic E-state index is 0.0219. The summed E-state index contributed by atoms with van der Waals surface area (Å²) in [7, 11) is 0. The van der Waals surface area contributed by atoms with Crippen LogP contribution in [0.5, 0.6) is 0 Å². The first-order valence-electron chi connectivity index (χ1n) is 7.50. The van der Waals surface area contributed by atoms with Gasteiger partial charge in [-0.3, -0.25) is 4.79 Å². The third-order valence-corrected chi connectivity index (χ3v) is 4.17. The van der Waals surface area contributed by atoms with Crippen molar-refractivity contribution in [3.8, 4) is 0 Å². The molecule has 4 nitrogen and oxygen atoms in total. The molecule has 3 rings (SSSR count). The molecule has 2 aromatic rings. The van der Waals surface area contributed by atoms with E-state index in [0.717, 1.165) is 30.0 Å². The molecule has 0 spiro atoms. The highest BCUT2D eigenvalue weighted by Gasteiger charge is 2.13. The highest BCUT2D eigenvalue weighted by atomic mass is 16.1. The van der Waals surface area contributed by atoms with Crippen LogP contribution in [-0.2, 0) is 6.54 Å². The fourth-order valence-electron chi connectivity index (χ4n) is 3.06. The molecule has 1 aromatic heterocycles. The molecule has 1 N–H and O–H groups in total. The zero-order chi connectivity index (χ0) is 13.8. The Bertz CT molecular complexity index is 629. The van der Waals surface area contributed by atoms with Crippen molar-refractivity contribution in [2.24, 2.45) is 5.92 Å². The van der Waals surface area contributed by atoms with Gasteiger partial charge < -0.3 is 9.88 Å². The third kappa shape index (κ3) is 2.90. The summed E-state index contributed by atoms with van der Waals surface area (Å²) in [5.41, 5.74) is 1.77. The maximum absolute atomic E-state index is 12.0. The lowest BCUT2D eigenvalue weighted by atomic mass is 10.1. The zero-order valence-electron chi connectivity index (χ0n) is 11.7. The Labute approximate surface area is 118 Å². The van der Waals surface area contributed by atoms with Crippen LogP contribution in [-0.4, -0.2) is 22.6 Å². The maximum Gasteiger partial charge on any atom is 0.269 e. The van der Waals surface area contributed by atoms with Gasteiger partial charge in [-0.05, 0) is 37.4 Å². The second-order valence-corrected chi connectivity index (χ2v) is 5.59. The van der Waals surface area contributed by atoms with Crippen LogP contribution in [0.3, 0.4) is 0 Å². The van der Waals surface area contributed by atoms with Crippen molar-refractivity contribution >= 4 is 11.0 Å². The Hall–Kier alpha value is -1.68. The Morgan fingerprint density at radius 2 is 2.05 bits per heavy atom. The first-order chi connectivity index (χ1) is 9.84. The predicted molar refractivity (Wildman–Crippen MR) is 80.8 cm³/mol. The molecule has 1 aromatic carbocycles. The van der Waals surface area contributed by atoms with Gasteiger partial charge >= 0.3 is 0 Å². The van der Waals surface area contributed by atoms with E-state index >= 15 is 0 Å². The minimum Gasteiger partial charge on any atom is -0.315 e. The third-order valence-electron chi connectivity index (χ3n) is 4.17. The molecule has 1 aliphatic carbocycles. The molecule has 1 heterocycles. The number of rotatable bonds is 5. The van der Waals surface area contributed by atoms with Gasteiger partial charge in [0.15, 0.2) is 0 Å². The lowest BCUT2D eigenvalue weighted by molar-refractivity contribution is 0.476. The molecule has 0 bridgehead atoms. The van der Waals surface area contributed by atoms with Gasteiger partial charge in [0.05, 0.1) is 17.2 Å². The van der Waals surface area contributed by atoms with Crippen LogP contribution in [0.4, 0.5) is 0 Å². The molecule has 0 amide bonds. The maximum atomic E-state index is 12.0. The molecule has 1 fully saturated rings. The molecule has 1 saturated carbocycles. The quantitative estimate of drug-likeness (QED) is 0.848. The summed E-state index contributed by atoms with van der Waals surface area (Å²) < 4.78 is 1.81. The number of fused-ring (bicyclic) bond motifs is 1. The van der Waals surface area contributed by atoms with Crippen LogP contribution in [0.15, 0.2) is 35.3 Å². The molecular weight excluding hydrogens is 250 g/mol. The summed E-state index contributed by atoms with van der Waals surface area (Å²) in [5, 5.41) is 3.49. The van der Waals surface area contributed by atoms with E-state index in [1.807, 2.05) is 28.8 Å². The van der Waals surface area contributed by atoms with Gasteiger partial charge in [-0.2, -0.15) is 0 Å². The SMILES string of the molecule is O=c1cnc2ccccc2n1CCNCC1CCCC1. The number of nitrogens with one attached hydrogen (secondary N) is 1. The number of nitrogens with zero attached hydrogens (tertiary/aromatic N) is 2. The lowest BCUT2D eigenvalue weighted by Crippen LogP contribution is -2.29. The van der Waals surface area contributed by atoms with Crippen molar-refractivity contribution in [1.82, 2.24) is 14.9 Å². The van der Waals surface area contributed by atoms with Gasteiger partial charge in [-0.15, -0.1) is 0 Å². The highest BCUT2D eigenvalue weighted by molar-refractivity contribution is 5.74. The standard InChI is InChI=1S/C16H21N3O/c20-16-12-18-14-7-3-4-8-15(14)19(16)10-9-17-11-13-5-1-2-6-13/h3-4,7-8,12-13,17H,1-2,5-6,9-11H2. The van der Waals surface area contributed by atoms with E-state index in [0.29, 0.717) is 6.54 Å². The fraction of sp³-hybridized carbons (Fsp3) is 0.500. The summed E-state index contributed by atoms with van der Waals surface area (Å²) >= 11 is 0. The molecule has 0 radical (unpaired) electrons. The van der Waals surface area contributed by atoms with E-state index in [1.54, 1.807) is 0 Å². The fourth-order valence-corrected chi connectivity index (χ4v) is 3.06. The number of hydrogen-bond acceptors (Lipinski definition) is 3. The number of para-hydroxylation sites is 2. The summed E-state index contributed by atoms with van der Waals surface area (Å²) in [4.78, 5) is 16.1. The first kappa shape index (κ1) is 13.3. The molecule has 1 aliphatic rings. The summed E-state index contributed by atoms with van der Waals surface area (Å²) in [5.74, 6) is 0.834. The Morgan fingerprint density at radius 1 is 1.25 bits per heavy atom. The number of aromatic nitrogens is 2. The summed E-state index contributed by atoms with van der Waals surface area (Å²) in [6.45, 7) is 2.62. The van der Waals surface area contributed by atoms with Crippen LogP contribution in [0.2, 0.25) is 0 Å². The Balaban J connectivity index is 1.64. The summed E-state index contributed by atoms with van der Waals surface area (Å²) in [6, 6.07) is 7.80. The van der Waals surface area contributed by atoms with Crippen molar-refractivity contribution in [2.75, 3.05) is 13.1 Å². The van der Waals surface area contributed by atoms with Gasteiger partial charge in [-0.1, -0.05) is 25.0 Å². The van der Waals surface area contributed by atoms with Crippen molar-refractivity contribution in [2.45, 2.75) is 32.2 Å². The minimum atomic E-state index is -0.0219. The van der Waals surface area contributed by atoms with Crippen LogP contribution >= 0.6 is 0 Å². The lowest BCUT2D eigenvalue weighted by Gasteiger charge is -2.12. The topological polar surface area (TPSA) is 46.9 Å². The van der Waals surface area contributed by atoms with Gasteiger partial charge in [0.2, 0.25) is 0 Å². The van der Waals surface area contributed by atoms with E-state index in [-0.39, 0.29) is 5.56 Å². The van der Waals surface area contributed by atoms with Crippen LogP contribution in [0.25, 0.3) is 11.0 Å². The molecule has 4 heteroatoms. The molecule has 0 atom stereocenters. The monoisotopic (exact) mass is 271 g/mol. The molecule has 0 saturated heterocycles. The van der Waals surface area contributed by atoms with Crippen molar-refractivity contribution in [3.05, 3.63) is 40.8 Å². The van der Waals surface area contributed by atoms with Crippen LogP contribution in [0, 0.1) is 5.92 Å². The number of benzene rings is 1. The van der Waals surface area contributed by atoms with Gasteiger partial charge in [0, 0.05) is 13.1 Å². The second kappa shape index (κ2) is 6.18. The van der Waals surface area contributed by atoms with Crippen molar-refractivity contribution in [1.29, 1.82) is 0 Å². The van der Waals surface area contributed by atoms with E-state index in [9.17, 15) is 4.79 Å². The number of hydrogen-bond donors (Lipinski definition) is 1. The average Bonchev–Trinajstić information content (AvgIpc) is 2.98. The van der Waals surface area contributed by atoms with Crippen molar-refractivity contribution in [3.63, 3.8) is 0 Å². The molecular formula is C16H21N3O. The zero-order valence-corrected chi connectivity index (χ0v) is 11.7. The van der Waals surface area contributed by atoms with Crippen LogP contribution < -0.4 is 10.9 Å². The highest BCUT2D eigenvalue weighted by Crippen LogP contribution is 2.23. The predicted octanol–water partition coefficient (Wildman–Crippen LogP) is 2.18. The van der Waals surface area contributed by atoms with E-state index in [2.05, 4.69) is 10.3 Å². The van der Waals surface area contributed by atoms with E-state index in [4.69, 9.17) is 0 Å². The van der Waals surface area contributed by atoms with E-state index < -0.39 is 0 Å². The summed E-state index contributed by atoms with van der Waals surface area (Å²) in [6.07, 6.45) is 6.87. The normalized spacial score (nSPS) is 16.0. The van der Waals surface area contributed by atoms with Crippen LogP contribution in [0.1, 0.15) is 25.7 Å². The second-order valence-electron chi connectivity index (χ2n) is 5.59. The van der Waals surface area contributed by atoms with Gasteiger partial charge in [0.25, 0.3) is 5.56 Å². The largest absolute Gasteiger partial charge is 0.315 e. The van der Waals surface area contributed by atoms with Crippen molar-refractivity contribution < 1.29 is 0 Å². The molecule has 106 valence electrons. The Morgan fingerprint density at radius 3 is 2.90 bits per heavy atom. The molecule has 0 aliphatic heterocycles. The molecule has 20 heavy (non-hydrogen) atoms. The van der Waals surface area contributed by atoms with E-state index in [1.165, 1.54) is 31.9 Å². The molecule has 0 unspecified atom stereocenters. The first-order valence-corrected chi connectivity index (χ1v) is 7.50. The van der Waals surface area contributed by atoms with Gasteiger partial charge in [-0.25, -0.2) is 4.98 Å². The smallest absolute Gasteiger partial charge is 0.269 e. The van der Waals surface area contributed by atoms with Gasteiger partial charge in [0.1, 0.15) is 0 Å².